The molecule has 0 bridgehead atoms. The van der Waals surface area contributed by atoms with Crippen LogP contribution < -0.4 is 9.47 Å². The molecule has 2 heterocycles. The van der Waals surface area contributed by atoms with Crippen molar-refractivity contribution in [3.8, 4) is 22.6 Å². The maximum absolute atomic E-state index is 13.5. The van der Waals surface area contributed by atoms with Crippen molar-refractivity contribution < 1.29 is 14.3 Å². The number of aromatic nitrogens is 1. The van der Waals surface area contributed by atoms with Gasteiger partial charge in [0.1, 0.15) is 13.2 Å². The van der Waals surface area contributed by atoms with Crippen molar-refractivity contribution in [2.24, 2.45) is 0 Å². The monoisotopic (exact) mass is 485 g/mol. The lowest BCUT2D eigenvalue weighted by molar-refractivity contribution is 0.104. The Bertz CT molecular complexity index is 1360. The molecule has 1 aliphatic heterocycles. The van der Waals surface area contributed by atoms with Crippen LogP contribution in [0.25, 0.3) is 28.1 Å². The van der Waals surface area contributed by atoms with E-state index in [0.717, 1.165) is 37.8 Å². The first-order valence-electron chi connectivity index (χ1n) is 10.4. The van der Waals surface area contributed by atoms with Crippen LogP contribution in [0, 0.1) is 6.92 Å². The van der Waals surface area contributed by atoms with Crippen molar-refractivity contribution in [3.05, 3.63) is 94.1 Å². The summed E-state index contributed by atoms with van der Waals surface area (Å²) in [5, 5.41) is 0.937. The van der Waals surface area contributed by atoms with Gasteiger partial charge >= 0.3 is 0 Å². The quantitative estimate of drug-likeness (QED) is 0.240. The molecule has 0 atom stereocenters. The second kappa shape index (κ2) is 8.60. The Balaban J connectivity index is 1.61. The van der Waals surface area contributed by atoms with Crippen LogP contribution in [0.4, 0.5) is 0 Å². The first kappa shape index (κ1) is 20.5. The van der Waals surface area contributed by atoms with Crippen molar-refractivity contribution in [2.45, 2.75) is 6.92 Å². The maximum atomic E-state index is 13.5. The Morgan fingerprint density at radius 3 is 2.56 bits per heavy atom. The van der Waals surface area contributed by atoms with Crippen molar-refractivity contribution >= 4 is 38.7 Å². The van der Waals surface area contributed by atoms with E-state index in [0.29, 0.717) is 30.2 Å². The zero-order valence-corrected chi connectivity index (χ0v) is 19.1. The summed E-state index contributed by atoms with van der Waals surface area (Å²) in [6.07, 6.45) is 3.41. The standard InChI is InChI=1S/C27H20BrNO3/c1-17-26(23(30)11-7-18-8-12-24-25(15-18)32-14-13-31-24)27(19-5-3-2-4-6-19)21-16-20(28)9-10-22(21)29-17/h2-12,15-16H,13-14H2,1H3/b11-7+. The SMILES string of the molecule is Cc1nc2ccc(Br)cc2c(-c2ccccc2)c1C(=O)/C=C/c1ccc2c(c1)OCCO2. The second-order valence-corrected chi connectivity index (χ2v) is 8.49. The van der Waals surface area contributed by atoms with E-state index < -0.39 is 0 Å². The van der Waals surface area contributed by atoms with E-state index in [-0.39, 0.29) is 5.78 Å². The number of aryl methyl sites for hydroxylation is 1. The lowest BCUT2D eigenvalue weighted by Gasteiger charge is -2.18. The highest BCUT2D eigenvalue weighted by atomic mass is 79.9. The Kier molecular flexibility index (Phi) is 5.50. The number of hydrogen-bond donors (Lipinski definition) is 0. The van der Waals surface area contributed by atoms with Gasteiger partial charge in [-0.1, -0.05) is 58.4 Å². The highest BCUT2D eigenvalue weighted by molar-refractivity contribution is 9.10. The fraction of sp³-hybridized carbons (Fsp3) is 0.111. The van der Waals surface area contributed by atoms with Crippen molar-refractivity contribution in [3.63, 3.8) is 0 Å². The van der Waals surface area contributed by atoms with Crippen LogP contribution in [0.1, 0.15) is 21.6 Å². The molecule has 32 heavy (non-hydrogen) atoms. The lowest BCUT2D eigenvalue weighted by Crippen LogP contribution is -2.15. The Morgan fingerprint density at radius 2 is 1.75 bits per heavy atom. The highest BCUT2D eigenvalue weighted by Gasteiger charge is 2.19. The van der Waals surface area contributed by atoms with Gasteiger partial charge in [-0.25, -0.2) is 0 Å². The van der Waals surface area contributed by atoms with Crippen LogP contribution in [0.5, 0.6) is 11.5 Å². The molecule has 0 N–H and O–H groups in total. The maximum Gasteiger partial charge on any atom is 0.188 e. The molecule has 5 rings (SSSR count). The van der Waals surface area contributed by atoms with Crippen molar-refractivity contribution in [1.29, 1.82) is 0 Å². The zero-order valence-electron chi connectivity index (χ0n) is 17.5. The number of rotatable bonds is 4. The number of benzene rings is 3. The smallest absolute Gasteiger partial charge is 0.188 e. The van der Waals surface area contributed by atoms with E-state index in [2.05, 4.69) is 15.9 Å². The molecule has 0 saturated carbocycles. The summed E-state index contributed by atoms with van der Waals surface area (Å²) in [7, 11) is 0. The number of nitrogens with zero attached hydrogens (tertiary/aromatic N) is 1. The summed E-state index contributed by atoms with van der Waals surface area (Å²) < 4.78 is 12.2. The van der Waals surface area contributed by atoms with Gasteiger partial charge in [-0.3, -0.25) is 9.78 Å². The van der Waals surface area contributed by atoms with E-state index >= 15 is 0 Å². The van der Waals surface area contributed by atoms with Gasteiger partial charge in [-0.15, -0.1) is 0 Å². The van der Waals surface area contributed by atoms with Gasteiger partial charge in [-0.2, -0.15) is 0 Å². The molecular formula is C27H20BrNO3. The highest BCUT2D eigenvalue weighted by Crippen LogP contribution is 2.35. The van der Waals surface area contributed by atoms with Crippen LogP contribution in [-0.2, 0) is 0 Å². The van der Waals surface area contributed by atoms with E-state index in [1.165, 1.54) is 0 Å². The average molecular weight is 486 g/mol. The molecule has 0 saturated heterocycles. The number of fused-ring (bicyclic) bond motifs is 2. The molecule has 158 valence electrons. The molecule has 0 aliphatic carbocycles. The van der Waals surface area contributed by atoms with E-state index in [1.807, 2.05) is 73.7 Å². The first-order valence-corrected chi connectivity index (χ1v) is 11.2. The molecular weight excluding hydrogens is 466 g/mol. The van der Waals surface area contributed by atoms with Gasteiger partial charge in [0.05, 0.1) is 11.1 Å². The molecule has 0 fully saturated rings. The van der Waals surface area contributed by atoms with Crippen LogP contribution in [0.3, 0.4) is 0 Å². The third kappa shape index (κ3) is 3.92. The van der Waals surface area contributed by atoms with Crippen LogP contribution >= 0.6 is 15.9 Å². The number of pyridine rings is 1. The minimum absolute atomic E-state index is 0.0920. The average Bonchev–Trinajstić information content (AvgIpc) is 2.82. The summed E-state index contributed by atoms with van der Waals surface area (Å²) in [5.74, 6) is 1.33. The molecule has 1 aromatic heterocycles. The summed E-state index contributed by atoms with van der Waals surface area (Å²) in [6, 6.07) is 21.6. The summed E-state index contributed by atoms with van der Waals surface area (Å²) in [4.78, 5) is 18.2. The van der Waals surface area contributed by atoms with Gasteiger partial charge in [0.2, 0.25) is 0 Å². The van der Waals surface area contributed by atoms with E-state index in [4.69, 9.17) is 14.5 Å². The lowest BCUT2D eigenvalue weighted by atomic mass is 9.92. The number of ether oxygens (including phenoxy) is 2. The second-order valence-electron chi connectivity index (χ2n) is 7.58. The fourth-order valence-corrected chi connectivity index (χ4v) is 4.34. The number of hydrogen-bond acceptors (Lipinski definition) is 4. The van der Waals surface area contributed by atoms with Crippen LogP contribution in [-0.4, -0.2) is 24.0 Å². The molecule has 3 aromatic carbocycles. The minimum Gasteiger partial charge on any atom is -0.486 e. The minimum atomic E-state index is -0.0920. The molecule has 0 radical (unpaired) electrons. The molecule has 5 heteroatoms. The van der Waals surface area contributed by atoms with Gasteiger partial charge in [0.15, 0.2) is 17.3 Å². The molecule has 0 spiro atoms. The number of ketones is 1. The molecule has 0 amide bonds. The fourth-order valence-electron chi connectivity index (χ4n) is 3.98. The third-order valence-electron chi connectivity index (χ3n) is 5.43. The Morgan fingerprint density at radius 1 is 0.969 bits per heavy atom. The predicted octanol–water partition coefficient (Wildman–Crippen LogP) is 6.64. The van der Waals surface area contributed by atoms with Crippen molar-refractivity contribution in [1.82, 2.24) is 4.98 Å². The summed E-state index contributed by atoms with van der Waals surface area (Å²) >= 11 is 3.56. The predicted molar refractivity (Wildman–Crippen MR) is 130 cm³/mol. The van der Waals surface area contributed by atoms with Crippen LogP contribution in [0.2, 0.25) is 0 Å². The zero-order chi connectivity index (χ0) is 22.1. The summed E-state index contributed by atoms with van der Waals surface area (Å²) in [6.45, 7) is 2.96. The molecule has 0 unspecified atom stereocenters. The molecule has 4 aromatic rings. The van der Waals surface area contributed by atoms with Gasteiger partial charge in [0.25, 0.3) is 0 Å². The van der Waals surface area contributed by atoms with E-state index in [9.17, 15) is 4.79 Å². The van der Waals surface area contributed by atoms with Crippen molar-refractivity contribution in [2.75, 3.05) is 13.2 Å². The topological polar surface area (TPSA) is 48.4 Å². The van der Waals surface area contributed by atoms with E-state index in [1.54, 1.807) is 12.2 Å². The summed E-state index contributed by atoms with van der Waals surface area (Å²) in [5.41, 5.74) is 4.92. The third-order valence-corrected chi connectivity index (χ3v) is 5.92. The number of allylic oxidation sites excluding steroid dienone is 1. The Labute approximate surface area is 194 Å². The largest absolute Gasteiger partial charge is 0.486 e. The Hall–Kier alpha value is -3.44. The molecule has 1 aliphatic rings. The first-order chi connectivity index (χ1) is 15.6. The number of carbonyl (C=O) groups is 1. The molecule has 4 nitrogen and oxygen atoms in total. The number of halogens is 1. The number of carbonyl (C=O) groups excluding carboxylic acids is 1. The van der Waals surface area contributed by atoms with Gasteiger partial charge in [-0.05, 0) is 54.5 Å². The van der Waals surface area contributed by atoms with Gasteiger partial charge in [0, 0.05) is 21.1 Å². The van der Waals surface area contributed by atoms with Crippen LogP contribution in [0.15, 0.2) is 77.3 Å². The normalized spacial score (nSPS) is 12.9. The van der Waals surface area contributed by atoms with Gasteiger partial charge < -0.3 is 9.47 Å².